The first kappa shape index (κ1) is 19.4. The van der Waals surface area contributed by atoms with E-state index in [1.807, 2.05) is 36.1 Å². The molecule has 1 fully saturated rings. The number of carbonyl (C=O) groups excluding carboxylic acids is 1. The maximum atomic E-state index is 13.4. The minimum Gasteiger partial charge on any atom is -0.329 e. The number of hydrogen-bond donors (Lipinski definition) is 1. The zero-order valence-electron chi connectivity index (χ0n) is 15.7. The second-order valence-corrected chi connectivity index (χ2v) is 7.26. The Hall–Kier alpha value is -2.35. The zero-order valence-corrected chi connectivity index (χ0v) is 16.5. The molecular weight excluding hydrogens is 358 g/mol. The fourth-order valence-electron chi connectivity index (χ4n) is 4.42. The predicted molar refractivity (Wildman–Crippen MR) is 108 cm³/mol. The van der Waals surface area contributed by atoms with Crippen molar-refractivity contribution in [2.45, 2.75) is 38.8 Å². The van der Waals surface area contributed by atoms with Crippen molar-refractivity contribution in [2.24, 2.45) is 0 Å². The molecule has 2 heterocycles. The molecule has 0 aromatic heterocycles. The molecule has 1 saturated heterocycles. The number of halogens is 1. The van der Waals surface area contributed by atoms with E-state index in [1.165, 1.54) is 11.1 Å². The van der Waals surface area contributed by atoms with Crippen molar-refractivity contribution < 1.29 is 4.79 Å². The number of aryl methyl sites for hydroxylation is 2. The van der Waals surface area contributed by atoms with Gasteiger partial charge in [-0.2, -0.15) is 5.26 Å². The molecule has 2 atom stereocenters. The van der Waals surface area contributed by atoms with Gasteiger partial charge in [-0.15, -0.1) is 12.4 Å². The van der Waals surface area contributed by atoms with Crippen LogP contribution in [0.3, 0.4) is 0 Å². The molecule has 27 heavy (non-hydrogen) atoms. The number of nitriles is 1. The van der Waals surface area contributed by atoms with Crippen LogP contribution in [0.15, 0.2) is 36.4 Å². The molecule has 0 spiro atoms. The van der Waals surface area contributed by atoms with Gasteiger partial charge in [-0.1, -0.05) is 37.3 Å². The molecule has 0 bridgehead atoms. The third-order valence-electron chi connectivity index (χ3n) is 5.77. The highest BCUT2D eigenvalue weighted by atomic mass is 35.5. The number of benzene rings is 2. The lowest BCUT2D eigenvalue weighted by molar-refractivity contribution is 0.0629. The molecule has 140 valence electrons. The van der Waals surface area contributed by atoms with Crippen LogP contribution in [0.25, 0.3) is 0 Å². The maximum Gasteiger partial charge on any atom is 0.255 e. The molecule has 2 unspecified atom stereocenters. The molecule has 2 aromatic carbocycles. The molecule has 0 saturated carbocycles. The lowest BCUT2D eigenvalue weighted by Gasteiger charge is -2.39. The predicted octanol–water partition coefficient (Wildman–Crippen LogP) is 3.56. The Morgan fingerprint density at radius 1 is 1.26 bits per heavy atom. The van der Waals surface area contributed by atoms with Gasteiger partial charge in [0.25, 0.3) is 5.91 Å². The van der Waals surface area contributed by atoms with Gasteiger partial charge in [-0.25, -0.2) is 0 Å². The van der Waals surface area contributed by atoms with E-state index in [9.17, 15) is 10.1 Å². The summed E-state index contributed by atoms with van der Waals surface area (Å²) in [6.07, 6.45) is 0.979. The largest absolute Gasteiger partial charge is 0.329 e. The number of amides is 1. The second kappa shape index (κ2) is 7.72. The van der Waals surface area contributed by atoms with Crippen LogP contribution >= 0.6 is 12.4 Å². The topological polar surface area (TPSA) is 56.1 Å². The second-order valence-electron chi connectivity index (χ2n) is 7.26. The van der Waals surface area contributed by atoms with Crippen molar-refractivity contribution in [2.75, 3.05) is 13.1 Å². The van der Waals surface area contributed by atoms with E-state index in [1.54, 1.807) is 0 Å². The maximum absolute atomic E-state index is 13.4. The molecule has 1 N–H and O–H groups in total. The van der Waals surface area contributed by atoms with Crippen molar-refractivity contribution in [3.05, 3.63) is 69.8 Å². The van der Waals surface area contributed by atoms with Gasteiger partial charge >= 0.3 is 0 Å². The van der Waals surface area contributed by atoms with E-state index >= 15 is 0 Å². The zero-order chi connectivity index (χ0) is 18.3. The molecule has 5 heteroatoms. The van der Waals surface area contributed by atoms with Gasteiger partial charge in [0.15, 0.2) is 0 Å². The molecule has 2 aromatic rings. The van der Waals surface area contributed by atoms with Crippen LogP contribution in [0.2, 0.25) is 0 Å². The first-order valence-electron chi connectivity index (χ1n) is 9.27. The summed E-state index contributed by atoms with van der Waals surface area (Å²) in [4.78, 5) is 15.4. The number of nitrogens with zero attached hydrogens (tertiary/aromatic N) is 2. The molecule has 0 radical (unpaired) electrons. The normalized spacial score (nSPS) is 20.5. The Kier molecular flexibility index (Phi) is 5.55. The lowest BCUT2D eigenvalue weighted by atomic mass is 9.81. The third-order valence-corrected chi connectivity index (χ3v) is 5.77. The average molecular weight is 382 g/mol. The number of fused-ring (bicyclic) bond motifs is 3. The smallest absolute Gasteiger partial charge is 0.255 e. The summed E-state index contributed by atoms with van der Waals surface area (Å²) in [7, 11) is 0. The molecule has 4 nitrogen and oxygen atoms in total. The van der Waals surface area contributed by atoms with Crippen LogP contribution in [-0.4, -0.2) is 29.9 Å². The monoisotopic (exact) mass is 381 g/mol. The van der Waals surface area contributed by atoms with Crippen molar-refractivity contribution in [3.63, 3.8) is 0 Å². The standard InChI is InChI=1S/C22H23N3O.ClH/c1-3-15-8-14(2)21-18(9-15)19-11-24-12-20(19)25(22(21)26)13-17-7-5-4-6-16(17)10-23;/h4-9,19-20,24H,3,11-13H2,1-2H3;1H. The van der Waals surface area contributed by atoms with Crippen LogP contribution in [0.5, 0.6) is 0 Å². The van der Waals surface area contributed by atoms with Crippen LogP contribution in [0.1, 0.15) is 51.0 Å². The third kappa shape index (κ3) is 3.22. The van der Waals surface area contributed by atoms with Gasteiger partial charge in [-0.05, 0) is 41.7 Å². The van der Waals surface area contributed by atoms with Gasteiger partial charge in [0.1, 0.15) is 0 Å². The van der Waals surface area contributed by atoms with E-state index in [0.717, 1.165) is 36.2 Å². The van der Waals surface area contributed by atoms with E-state index in [-0.39, 0.29) is 24.4 Å². The van der Waals surface area contributed by atoms with Gasteiger partial charge < -0.3 is 10.2 Å². The Labute approximate surface area is 166 Å². The molecule has 4 rings (SSSR count). The molecule has 1 amide bonds. The Morgan fingerprint density at radius 2 is 2.04 bits per heavy atom. The highest BCUT2D eigenvalue weighted by Gasteiger charge is 2.43. The first-order chi connectivity index (χ1) is 12.6. The van der Waals surface area contributed by atoms with E-state index < -0.39 is 0 Å². The first-order valence-corrected chi connectivity index (χ1v) is 9.27. The highest BCUT2D eigenvalue weighted by Crippen LogP contribution is 2.38. The minimum atomic E-state index is 0. The summed E-state index contributed by atoms with van der Waals surface area (Å²) < 4.78 is 0. The summed E-state index contributed by atoms with van der Waals surface area (Å²) in [5, 5.41) is 12.9. The van der Waals surface area contributed by atoms with Crippen molar-refractivity contribution in [1.29, 1.82) is 5.26 Å². The quantitative estimate of drug-likeness (QED) is 0.884. The van der Waals surface area contributed by atoms with Gasteiger partial charge in [-0.3, -0.25) is 4.79 Å². The van der Waals surface area contributed by atoms with Crippen LogP contribution in [0, 0.1) is 18.3 Å². The van der Waals surface area contributed by atoms with E-state index in [2.05, 4.69) is 30.4 Å². The fourth-order valence-corrected chi connectivity index (χ4v) is 4.42. The van der Waals surface area contributed by atoms with Gasteiger partial charge in [0.2, 0.25) is 0 Å². The number of rotatable bonds is 3. The highest BCUT2D eigenvalue weighted by molar-refractivity contribution is 5.99. The van der Waals surface area contributed by atoms with E-state index in [4.69, 9.17) is 0 Å². The minimum absolute atomic E-state index is 0. The number of carbonyl (C=O) groups is 1. The van der Waals surface area contributed by atoms with Gasteiger partial charge in [0.05, 0.1) is 17.7 Å². The fraction of sp³-hybridized carbons (Fsp3) is 0.364. The molecular formula is C22H24ClN3O. The van der Waals surface area contributed by atoms with Crippen molar-refractivity contribution in [3.8, 4) is 6.07 Å². The number of nitrogens with one attached hydrogen (secondary N) is 1. The molecule has 2 aliphatic rings. The van der Waals surface area contributed by atoms with Crippen LogP contribution in [0.4, 0.5) is 0 Å². The Balaban J connectivity index is 0.00000210. The van der Waals surface area contributed by atoms with Crippen LogP contribution in [-0.2, 0) is 13.0 Å². The Bertz CT molecular complexity index is 918. The summed E-state index contributed by atoms with van der Waals surface area (Å²) in [5.41, 5.74) is 5.98. The Morgan fingerprint density at radius 3 is 2.78 bits per heavy atom. The molecule has 2 aliphatic heterocycles. The number of hydrogen-bond acceptors (Lipinski definition) is 3. The van der Waals surface area contributed by atoms with Crippen LogP contribution < -0.4 is 5.32 Å². The summed E-state index contributed by atoms with van der Waals surface area (Å²) in [6.45, 7) is 6.38. The molecule has 0 aliphatic carbocycles. The summed E-state index contributed by atoms with van der Waals surface area (Å²) in [6, 6.07) is 14.3. The lowest BCUT2D eigenvalue weighted by Crippen LogP contribution is -2.48. The summed E-state index contributed by atoms with van der Waals surface area (Å²) in [5.74, 6) is 0.417. The SMILES string of the molecule is CCc1cc(C)c2c(c1)C1CNCC1N(Cc1ccccc1C#N)C2=O.Cl. The average Bonchev–Trinajstić information content (AvgIpc) is 3.14. The van der Waals surface area contributed by atoms with Gasteiger partial charge in [0, 0.05) is 31.1 Å². The van der Waals surface area contributed by atoms with Crippen molar-refractivity contribution >= 4 is 18.3 Å². The van der Waals surface area contributed by atoms with E-state index in [0.29, 0.717) is 18.0 Å². The van der Waals surface area contributed by atoms with Crippen molar-refractivity contribution in [1.82, 2.24) is 10.2 Å². The summed E-state index contributed by atoms with van der Waals surface area (Å²) >= 11 is 0.